The molecule has 0 aromatic carbocycles. The lowest BCUT2D eigenvalue weighted by Gasteiger charge is -2.28. The Labute approximate surface area is 102 Å². The van der Waals surface area contributed by atoms with Gasteiger partial charge in [-0.05, 0) is 31.9 Å². The van der Waals surface area contributed by atoms with E-state index in [2.05, 4.69) is 41.0 Å². The Bertz CT molecular complexity index is 372. The molecule has 0 unspecified atom stereocenters. The molecular formula is C12H19N3O2. The summed E-state index contributed by atoms with van der Waals surface area (Å²) in [5.74, 6) is 0.196. The maximum absolute atomic E-state index is 11.2. The minimum absolute atomic E-state index is 0.00145. The third-order valence-corrected chi connectivity index (χ3v) is 3.05. The first-order valence-electron chi connectivity index (χ1n) is 5.75. The Morgan fingerprint density at radius 1 is 1.35 bits per heavy atom. The van der Waals surface area contributed by atoms with Crippen molar-refractivity contribution in [3.05, 3.63) is 17.8 Å². The van der Waals surface area contributed by atoms with Crippen LogP contribution in [-0.4, -0.2) is 28.8 Å². The summed E-state index contributed by atoms with van der Waals surface area (Å²) < 4.78 is 4.56. The Hall–Kier alpha value is -1.65. The molecule has 0 aliphatic rings. The lowest BCUT2D eigenvalue weighted by Crippen LogP contribution is -2.33. The lowest BCUT2D eigenvalue weighted by atomic mass is 9.96. The summed E-state index contributed by atoms with van der Waals surface area (Å²) in [6, 6.07) is 3.34. The molecule has 1 rings (SSSR count). The van der Waals surface area contributed by atoms with E-state index >= 15 is 0 Å². The van der Waals surface area contributed by atoms with E-state index in [0.29, 0.717) is 5.82 Å². The second-order valence-electron chi connectivity index (χ2n) is 4.19. The van der Waals surface area contributed by atoms with Crippen LogP contribution in [0.4, 0.5) is 5.82 Å². The second kappa shape index (κ2) is 5.61. The Morgan fingerprint density at radius 3 is 2.41 bits per heavy atom. The lowest BCUT2D eigenvalue weighted by molar-refractivity contribution is 0.0593. The number of anilines is 1. The van der Waals surface area contributed by atoms with Gasteiger partial charge in [0.25, 0.3) is 0 Å². The summed E-state index contributed by atoms with van der Waals surface area (Å²) in [6.45, 7) is 6.36. The second-order valence-corrected chi connectivity index (χ2v) is 4.19. The van der Waals surface area contributed by atoms with Gasteiger partial charge in [-0.25, -0.2) is 4.79 Å². The van der Waals surface area contributed by atoms with E-state index in [0.717, 1.165) is 12.8 Å². The van der Waals surface area contributed by atoms with Crippen molar-refractivity contribution in [2.45, 2.75) is 39.2 Å². The standard InChI is InChI=1S/C12H19N3O2/c1-5-12(3,6-2)13-10-8-7-9(14-15-10)11(16)17-4/h7-8H,5-6H2,1-4H3,(H,13,15). The number of ether oxygens (including phenoxy) is 1. The van der Waals surface area contributed by atoms with Crippen molar-refractivity contribution in [1.82, 2.24) is 10.2 Å². The van der Waals surface area contributed by atoms with Crippen molar-refractivity contribution in [1.29, 1.82) is 0 Å². The normalized spacial score (nSPS) is 11.1. The van der Waals surface area contributed by atoms with Crippen LogP contribution in [-0.2, 0) is 4.74 Å². The average molecular weight is 237 g/mol. The number of esters is 1. The van der Waals surface area contributed by atoms with Gasteiger partial charge in [0.2, 0.25) is 0 Å². The van der Waals surface area contributed by atoms with E-state index in [1.165, 1.54) is 7.11 Å². The van der Waals surface area contributed by atoms with E-state index < -0.39 is 5.97 Å². The topological polar surface area (TPSA) is 64.1 Å². The molecule has 0 bridgehead atoms. The maximum Gasteiger partial charge on any atom is 0.358 e. The van der Waals surface area contributed by atoms with Gasteiger partial charge in [-0.3, -0.25) is 0 Å². The maximum atomic E-state index is 11.2. The smallest absolute Gasteiger partial charge is 0.358 e. The number of carbonyl (C=O) groups is 1. The summed E-state index contributed by atoms with van der Waals surface area (Å²) in [4.78, 5) is 11.2. The molecule has 17 heavy (non-hydrogen) atoms. The fourth-order valence-electron chi connectivity index (χ4n) is 1.35. The van der Waals surface area contributed by atoms with Crippen molar-refractivity contribution >= 4 is 11.8 Å². The SMILES string of the molecule is CCC(C)(CC)Nc1ccc(C(=O)OC)nn1. The van der Waals surface area contributed by atoms with E-state index in [-0.39, 0.29) is 11.2 Å². The van der Waals surface area contributed by atoms with Crippen LogP contribution in [0.3, 0.4) is 0 Å². The highest BCUT2D eigenvalue weighted by atomic mass is 16.5. The molecule has 0 saturated carbocycles. The molecule has 0 spiro atoms. The zero-order valence-electron chi connectivity index (χ0n) is 10.8. The van der Waals surface area contributed by atoms with Crippen molar-refractivity contribution in [2.24, 2.45) is 0 Å². The van der Waals surface area contributed by atoms with Gasteiger partial charge in [-0.15, -0.1) is 10.2 Å². The summed E-state index contributed by atoms with van der Waals surface area (Å²) in [7, 11) is 1.32. The molecular weight excluding hydrogens is 218 g/mol. The molecule has 0 atom stereocenters. The van der Waals surface area contributed by atoms with Crippen LogP contribution in [0.5, 0.6) is 0 Å². The third kappa shape index (κ3) is 3.41. The third-order valence-electron chi connectivity index (χ3n) is 3.05. The van der Waals surface area contributed by atoms with Crippen LogP contribution in [0.15, 0.2) is 12.1 Å². The van der Waals surface area contributed by atoms with Gasteiger partial charge in [-0.2, -0.15) is 0 Å². The number of hydrogen-bond donors (Lipinski definition) is 1. The van der Waals surface area contributed by atoms with Crippen LogP contribution in [0.1, 0.15) is 44.1 Å². The van der Waals surface area contributed by atoms with Crippen molar-refractivity contribution in [3.8, 4) is 0 Å². The minimum Gasteiger partial charge on any atom is -0.464 e. The number of rotatable bonds is 5. The average Bonchev–Trinajstić information content (AvgIpc) is 2.38. The van der Waals surface area contributed by atoms with Gasteiger partial charge in [0, 0.05) is 5.54 Å². The van der Waals surface area contributed by atoms with E-state index in [4.69, 9.17) is 0 Å². The van der Waals surface area contributed by atoms with Crippen LogP contribution in [0.25, 0.3) is 0 Å². The number of methoxy groups -OCH3 is 1. The molecule has 1 aromatic heterocycles. The fraction of sp³-hybridized carbons (Fsp3) is 0.583. The Balaban J connectivity index is 2.78. The monoisotopic (exact) mass is 237 g/mol. The van der Waals surface area contributed by atoms with Gasteiger partial charge in [0.1, 0.15) is 5.82 Å². The Kier molecular flexibility index (Phi) is 4.43. The van der Waals surface area contributed by atoms with Gasteiger partial charge < -0.3 is 10.1 Å². The van der Waals surface area contributed by atoms with Crippen molar-refractivity contribution < 1.29 is 9.53 Å². The van der Waals surface area contributed by atoms with Gasteiger partial charge in [-0.1, -0.05) is 13.8 Å². The largest absolute Gasteiger partial charge is 0.464 e. The molecule has 0 amide bonds. The predicted octanol–water partition coefficient (Wildman–Crippen LogP) is 2.25. The number of aromatic nitrogens is 2. The van der Waals surface area contributed by atoms with E-state index in [9.17, 15) is 4.79 Å². The molecule has 94 valence electrons. The van der Waals surface area contributed by atoms with Gasteiger partial charge in [0.05, 0.1) is 7.11 Å². The highest BCUT2D eigenvalue weighted by Gasteiger charge is 2.19. The molecule has 0 fully saturated rings. The molecule has 0 aliphatic carbocycles. The highest BCUT2D eigenvalue weighted by molar-refractivity contribution is 5.86. The summed E-state index contributed by atoms with van der Waals surface area (Å²) in [5, 5.41) is 11.1. The molecule has 1 heterocycles. The fourth-order valence-corrected chi connectivity index (χ4v) is 1.35. The summed E-state index contributed by atoms with van der Waals surface area (Å²) >= 11 is 0. The summed E-state index contributed by atoms with van der Waals surface area (Å²) in [5.41, 5.74) is 0.217. The molecule has 0 saturated heterocycles. The predicted molar refractivity (Wildman–Crippen MR) is 66.0 cm³/mol. The number of nitrogens with zero attached hydrogens (tertiary/aromatic N) is 2. The number of hydrogen-bond acceptors (Lipinski definition) is 5. The van der Waals surface area contributed by atoms with Crippen LogP contribution in [0.2, 0.25) is 0 Å². The minimum atomic E-state index is -0.474. The molecule has 0 aliphatic heterocycles. The molecule has 5 heteroatoms. The molecule has 1 N–H and O–H groups in total. The molecule has 0 radical (unpaired) electrons. The Morgan fingerprint density at radius 2 is 2.00 bits per heavy atom. The zero-order chi connectivity index (χ0) is 12.9. The zero-order valence-corrected chi connectivity index (χ0v) is 10.8. The van der Waals surface area contributed by atoms with Crippen molar-refractivity contribution in [2.75, 3.05) is 12.4 Å². The van der Waals surface area contributed by atoms with Gasteiger partial charge in [0.15, 0.2) is 5.69 Å². The number of carbonyl (C=O) groups excluding carboxylic acids is 1. The van der Waals surface area contributed by atoms with E-state index in [1.54, 1.807) is 12.1 Å². The van der Waals surface area contributed by atoms with Crippen molar-refractivity contribution in [3.63, 3.8) is 0 Å². The summed E-state index contributed by atoms with van der Waals surface area (Å²) in [6.07, 6.45) is 1.98. The van der Waals surface area contributed by atoms with Crippen LogP contribution in [0, 0.1) is 0 Å². The first kappa shape index (κ1) is 13.4. The molecule has 1 aromatic rings. The van der Waals surface area contributed by atoms with Crippen LogP contribution < -0.4 is 5.32 Å². The van der Waals surface area contributed by atoms with Gasteiger partial charge >= 0.3 is 5.97 Å². The quantitative estimate of drug-likeness (QED) is 0.796. The first-order chi connectivity index (χ1) is 8.04. The number of nitrogens with one attached hydrogen (secondary N) is 1. The highest BCUT2D eigenvalue weighted by Crippen LogP contribution is 2.19. The first-order valence-corrected chi connectivity index (χ1v) is 5.75. The van der Waals surface area contributed by atoms with E-state index in [1.807, 2.05) is 0 Å². The molecule has 5 nitrogen and oxygen atoms in total. The van der Waals surface area contributed by atoms with Crippen LogP contribution >= 0.6 is 0 Å².